The Kier molecular flexibility index (Phi) is 5.07. The quantitative estimate of drug-likeness (QED) is 0.387. The van der Waals surface area contributed by atoms with E-state index in [1.165, 1.54) is 0 Å². The van der Waals surface area contributed by atoms with Crippen molar-refractivity contribution in [2.75, 3.05) is 6.61 Å². The number of rotatable bonds is 3. The molecular formula is C26H35NO7. The van der Waals surface area contributed by atoms with Crippen LogP contribution in [0.15, 0.2) is 27.8 Å². The highest BCUT2D eigenvalue weighted by molar-refractivity contribution is 5.89. The molecule has 1 spiro atoms. The third-order valence-electron chi connectivity index (χ3n) is 9.74. The van der Waals surface area contributed by atoms with Crippen LogP contribution in [0.1, 0.15) is 55.9 Å². The maximum Gasteiger partial charge on any atom is 0.361 e. The molecule has 2 saturated carbocycles. The zero-order valence-corrected chi connectivity index (χ0v) is 20.6. The molecule has 186 valence electrons. The van der Waals surface area contributed by atoms with Crippen molar-refractivity contribution < 1.29 is 34.5 Å². The van der Waals surface area contributed by atoms with E-state index in [0.717, 1.165) is 6.42 Å². The number of aliphatic hydroxyl groups excluding tert-OH is 3. The number of carbonyl (C=O) groups is 1. The van der Waals surface area contributed by atoms with Crippen LogP contribution < -0.4 is 0 Å². The average Bonchev–Trinajstić information content (AvgIpc) is 3.06. The first-order chi connectivity index (χ1) is 15.8. The SMILES string of the molecule is CC1=C[C@]23C(O)[C@@H](C=C(CO)[C@@H](O)[C@]2(O)[C@H]1OC(=O)c1noc(C)c1C)[C@H]1[C@@H](C[C@H]3C)C1(C)C. The Morgan fingerprint density at radius 3 is 2.53 bits per heavy atom. The topological polar surface area (TPSA) is 133 Å². The predicted molar refractivity (Wildman–Crippen MR) is 122 cm³/mol. The Bertz CT molecular complexity index is 1100. The molecule has 1 heterocycles. The van der Waals surface area contributed by atoms with E-state index in [2.05, 4.69) is 19.0 Å². The standard InChI is InChI=1S/C26H35NO7/c1-11-9-25-12(2)7-17-18(24(17,5)6)16(21(25)30)8-15(10-28)20(29)26(25,32)22(11)33-23(31)19-13(3)14(4)34-27-19/h8-9,12,16-18,20-22,28-30,32H,7,10H2,1-6H3/t12-,16+,17-,18+,20-,21?,22+,25+,26+/m1/s1. The van der Waals surface area contributed by atoms with Crippen LogP contribution in [0.3, 0.4) is 0 Å². The van der Waals surface area contributed by atoms with Gasteiger partial charge in [-0.1, -0.05) is 38.1 Å². The number of aryl methyl sites for hydroxylation is 1. The van der Waals surface area contributed by atoms with Crippen molar-refractivity contribution in [1.29, 1.82) is 0 Å². The van der Waals surface area contributed by atoms with Crippen LogP contribution in [0.5, 0.6) is 0 Å². The first-order valence-corrected chi connectivity index (χ1v) is 12.1. The zero-order valence-electron chi connectivity index (χ0n) is 20.6. The number of nitrogens with zero attached hydrogens (tertiary/aromatic N) is 1. The second-order valence-corrected chi connectivity index (χ2v) is 11.6. The normalized spacial score (nSPS) is 44.2. The van der Waals surface area contributed by atoms with Crippen molar-refractivity contribution in [1.82, 2.24) is 5.16 Å². The molecule has 0 radical (unpaired) electrons. The second-order valence-electron chi connectivity index (χ2n) is 11.6. The van der Waals surface area contributed by atoms with E-state index in [1.54, 1.807) is 26.8 Å². The largest absolute Gasteiger partial charge is 0.450 e. The summed E-state index contributed by atoms with van der Waals surface area (Å²) in [6.07, 6.45) is 0.519. The van der Waals surface area contributed by atoms with Crippen molar-refractivity contribution in [3.05, 3.63) is 40.3 Å². The molecule has 4 aliphatic rings. The van der Waals surface area contributed by atoms with Crippen LogP contribution in [-0.2, 0) is 4.74 Å². The molecule has 9 atom stereocenters. The Labute approximate surface area is 199 Å². The molecule has 2 bridgehead atoms. The minimum atomic E-state index is -2.07. The van der Waals surface area contributed by atoms with Gasteiger partial charge in [-0.2, -0.15) is 0 Å². The number of fused-ring (bicyclic) bond motifs is 3. The molecule has 0 amide bonds. The summed E-state index contributed by atoms with van der Waals surface area (Å²) in [6, 6.07) is 0. The number of aromatic nitrogens is 1. The number of hydrogen-bond acceptors (Lipinski definition) is 8. The molecular weight excluding hydrogens is 438 g/mol. The first-order valence-electron chi connectivity index (χ1n) is 12.1. The molecule has 34 heavy (non-hydrogen) atoms. The lowest BCUT2D eigenvalue weighted by Crippen LogP contribution is -2.66. The fraction of sp³-hybridized carbons (Fsp3) is 0.692. The molecule has 0 aliphatic heterocycles. The molecule has 2 fully saturated rings. The summed E-state index contributed by atoms with van der Waals surface area (Å²) in [5.41, 5.74) is -1.99. The van der Waals surface area contributed by atoms with Crippen molar-refractivity contribution in [3.8, 4) is 0 Å². The smallest absolute Gasteiger partial charge is 0.361 e. The number of aliphatic hydroxyl groups is 4. The number of esters is 1. The minimum absolute atomic E-state index is 0.00576. The summed E-state index contributed by atoms with van der Waals surface area (Å²) in [5, 5.41) is 49.9. The van der Waals surface area contributed by atoms with E-state index in [9.17, 15) is 25.2 Å². The van der Waals surface area contributed by atoms with Gasteiger partial charge in [-0.15, -0.1) is 0 Å². The van der Waals surface area contributed by atoms with Gasteiger partial charge in [0, 0.05) is 11.5 Å². The molecule has 0 aromatic carbocycles. The van der Waals surface area contributed by atoms with E-state index in [1.807, 2.05) is 13.0 Å². The van der Waals surface area contributed by atoms with E-state index in [0.29, 0.717) is 22.8 Å². The lowest BCUT2D eigenvalue weighted by atomic mass is 9.58. The summed E-state index contributed by atoms with van der Waals surface area (Å²) in [7, 11) is 0. The average molecular weight is 474 g/mol. The van der Waals surface area contributed by atoms with E-state index in [4.69, 9.17) is 9.26 Å². The van der Waals surface area contributed by atoms with Gasteiger partial charge in [0.25, 0.3) is 0 Å². The maximum atomic E-state index is 13.1. The molecule has 4 N–H and O–H groups in total. The van der Waals surface area contributed by atoms with Gasteiger partial charge in [0.2, 0.25) is 0 Å². The van der Waals surface area contributed by atoms with Gasteiger partial charge >= 0.3 is 5.97 Å². The lowest BCUT2D eigenvalue weighted by Gasteiger charge is -2.52. The Balaban J connectivity index is 1.64. The highest BCUT2D eigenvalue weighted by atomic mass is 16.6. The zero-order chi connectivity index (χ0) is 25.0. The van der Waals surface area contributed by atoms with Gasteiger partial charge in [0.15, 0.2) is 11.8 Å². The summed E-state index contributed by atoms with van der Waals surface area (Å²) in [5.74, 6) is -0.361. The van der Waals surface area contributed by atoms with Gasteiger partial charge in [-0.05, 0) is 61.5 Å². The molecule has 1 aromatic rings. The summed E-state index contributed by atoms with van der Waals surface area (Å²) >= 11 is 0. The summed E-state index contributed by atoms with van der Waals surface area (Å²) < 4.78 is 10.9. The third kappa shape index (κ3) is 2.68. The van der Waals surface area contributed by atoms with Crippen molar-refractivity contribution in [3.63, 3.8) is 0 Å². The van der Waals surface area contributed by atoms with E-state index in [-0.39, 0.29) is 34.4 Å². The number of hydrogen-bond donors (Lipinski definition) is 4. The molecule has 4 aliphatic carbocycles. The van der Waals surface area contributed by atoms with Crippen LogP contribution >= 0.6 is 0 Å². The molecule has 5 rings (SSSR count). The van der Waals surface area contributed by atoms with Crippen LogP contribution in [0.2, 0.25) is 0 Å². The molecule has 1 unspecified atom stereocenters. The van der Waals surface area contributed by atoms with Crippen LogP contribution in [0, 0.1) is 48.3 Å². The highest BCUT2D eigenvalue weighted by Crippen LogP contribution is 2.72. The molecule has 1 aromatic heterocycles. The van der Waals surface area contributed by atoms with Gasteiger partial charge < -0.3 is 29.7 Å². The van der Waals surface area contributed by atoms with Gasteiger partial charge in [0.1, 0.15) is 17.5 Å². The van der Waals surface area contributed by atoms with Gasteiger partial charge in [-0.25, -0.2) is 4.79 Å². The summed E-state index contributed by atoms with van der Waals surface area (Å²) in [6.45, 7) is 11.0. The minimum Gasteiger partial charge on any atom is -0.450 e. The fourth-order valence-electron chi connectivity index (χ4n) is 7.67. The molecule has 8 nitrogen and oxygen atoms in total. The van der Waals surface area contributed by atoms with Crippen molar-refractivity contribution >= 4 is 5.97 Å². The molecule has 8 heteroatoms. The van der Waals surface area contributed by atoms with Gasteiger partial charge in [0.05, 0.1) is 18.1 Å². The fourth-order valence-corrected chi connectivity index (χ4v) is 7.67. The Morgan fingerprint density at radius 2 is 1.94 bits per heavy atom. The monoisotopic (exact) mass is 473 g/mol. The number of carbonyl (C=O) groups excluding carboxylic acids is 1. The van der Waals surface area contributed by atoms with E-state index < -0.39 is 41.9 Å². The number of ether oxygens (including phenoxy) is 1. The summed E-state index contributed by atoms with van der Waals surface area (Å²) in [4.78, 5) is 13.1. The van der Waals surface area contributed by atoms with Crippen molar-refractivity contribution in [2.45, 2.75) is 71.9 Å². The lowest BCUT2D eigenvalue weighted by molar-refractivity contribution is -0.215. The molecule has 0 saturated heterocycles. The first kappa shape index (κ1) is 23.7. The van der Waals surface area contributed by atoms with Gasteiger partial charge in [-0.3, -0.25) is 0 Å². The van der Waals surface area contributed by atoms with Crippen LogP contribution in [-0.4, -0.2) is 62.1 Å². The highest BCUT2D eigenvalue weighted by Gasteiger charge is 2.76. The van der Waals surface area contributed by atoms with Crippen molar-refractivity contribution in [2.24, 2.45) is 34.5 Å². The van der Waals surface area contributed by atoms with E-state index >= 15 is 0 Å². The van der Waals surface area contributed by atoms with Crippen LogP contribution in [0.4, 0.5) is 0 Å². The second kappa shape index (κ2) is 7.26. The predicted octanol–water partition coefficient (Wildman–Crippen LogP) is 2.08. The third-order valence-corrected chi connectivity index (χ3v) is 9.74. The van der Waals surface area contributed by atoms with Crippen LogP contribution in [0.25, 0.3) is 0 Å². The maximum absolute atomic E-state index is 13.1. The Morgan fingerprint density at radius 1 is 1.26 bits per heavy atom. The Hall–Kier alpha value is -2.00.